The lowest BCUT2D eigenvalue weighted by molar-refractivity contribution is -0.153. The molecule has 7 nitrogen and oxygen atoms in total. The van der Waals surface area contributed by atoms with Gasteiger partial charge in [-0.1, -0.05) is 18.2 Å². The molecule has 0 saturated heterocycles. The number of guanidine groups is 1. The Morgan fingerprint density at radius 2 is 1.61 bits per heavy atom. The predicted octanol–water partition coefficient (Wildman–Crippen LogP) is 3.53. The van der Waals surface area contributed by atoms with E-state index in [0.29, 0.717) is 38.1 Å². The molecule has 0 atom stereocenters. The smallest absolute Gasteiger partial charge is 0.422 e. The number of methoxy groups -OCH3 is 1. The molecule has 2 rings (SSSR count). The average Bonchev–Trinajstić information content (AvgIpc) is 2.74. The monoisotopic (exact) mass is 554 g/mol. The molecule has 0 aliphatic carbocycles. The molecule has 1 aromatic carbocycles. The number of nitrogens with zero attached hydrogens (tertiary/aromatic N) is 2. The van der Waals surface area contributed by atoms with Gasteiger partial charge in [0.15, 0.2) is 12.6 Å². The minimum atomic E-state index is -4.36. The molecule has 0 unspecified atom stereocenters. The van der Waals surface area contributed by atoms with Gasteiger partial charge in [0, 0.05) is 39.5 Å². The molecular weight excluding hydrogens is 528 g/mol. The number of benzene rings is 1. The SMILES string of the molecule is CN=C(NCc1ccc(OCC(F)(F)F)cc1)NCc1ccc(OCCOC)nc1.I. The summed E-state index contributed by atoms with van der Waals surface area (Å²) in [5.41, 5.74) is 1.82. The Hall–Kier alpha value is -2.28. The van der Waals surface area contributed by atoms with Gasteiger partial charge in [0.2, 0.25) is 5.88 Å². The molecule has 172 valence electrons. The van der Waals surface area contributed by atoms with Gasteiger partial charge in [-0.3, -0.25) is 4.99 Å². The summed E-state index contributed by atoms with van der Waals surface area (Å²) in [7, 11) is 3.25. The standard InChI is InChI=1S/C20H25F3N4O3.HI/c1-24-19(27-13-16-5-8-18(25-12-16)29-10-9-28-2)26-11-15-3-6-17(7-4-15)30-14-20(21,22)23;/h3-8,12H,9-11,13-14H2,1-2H3,(H2,24,26,27);1H. The number of ether oxygens (including phenoxy) is 3. The number of alkyl halides is 3. The molecule has 31 heavy (non-hydrogen) atoms. The van der Waals surface area contributed by atoms with Gasteiger partial charge in [-0.15, -0.1) is 24.0 Å². The molecule has 0 aliphatic rings. The van der Waals surface area contributed by atoms with Crippen molar-refractivity contribution < 1.29 is 27.4 Å². The van der Waals surface area contributed by atoms with Crippen LogP contribution in [-0.2, 0) is 17.8 Å². The molecule has 11 heteroatoms. The Kier molecular flexibility index (Phi) is 12.0. The first kappa shape index (κ1) is 26.8. The number of aliphatic imine (C=N–C) groups is 1. The Bertz CT molecular complexity index is 788. The van der Waals surface area contributed by atoms with Crippen LogP contribution in [-0.4, -0.2) is 51.1 Å². The first-order valence-corrected chi connectivity index (χ1v) is 9.19. The van der Waals surface area contributed by atoms with Gasteiger partial charge in [0.1, 0.15) is 12.4 Å². The van der Waals surface area contributed by atoms with Crippen LogP contribution >= 0.6 is 24.0 Å². The topological polar surface area (TPSA) is 77.0 Å². The minimum Gasteiger partial charge on any atom is -0.484 e. The number of rotatable bonds is 10. The Labute approximate surface area is 196 Å². The largest absolute Gasteiger partial charge is 0.484 e. The highest BCUT2D eigenvalue weighted by Gasteiger charge is 2.28. The third kappa shape index (κ3) is 11.1. The van der Waals surface area contributed by atoms with E-state index in [4.69, 9.17) is 14.2 Å². The van der Waals surface area contributed by atoms with Crippen LogP contribution in [0.3, 0.4) is 0 Å². The highest BCUT2D eigenvalue weighted by molar-refractivity contribution is 14.0. The van der Waals surface area contributed by atoms with Crippen molar-refractivity contribution in [3.8, 4) is 11.6 Å². The van der Waals surface area contributed by atoms with Crippen molar-refractivity contribution in [3.05, 3.63) is 53.7 Å². The van der Waals surface area contributed by atoms with Crippen molar-refractivity contribution >= 4 is 29.9 Å². The number of nitrogens with one attached hydrogen (secondary N) is 2. The second-order valence-electron chi connectivity index (χ2n) is 6.17. The fourth-order valence-electron chi connectivity index (χ4n) is 2.29. The lowest BCUT2D eigenvalue weighted by atomic mass is 10.2. The van der Waals surface area contributed by atoms with E-state index in [-0.39, 0.29) is 29.7 Å². The summed E-state index contributed by atoms with van der Waals surface area (Å²) >= 11 is 0. The fourth-order valence-corrected chi connectivity index (χ4v) is 2.29. The number of pyridine rings is 1. The van der Waals surface area contributed by atoms with Crippen molar-refractivity contribution in [3.63, 3.8) is 0 Å². The van der Waals surface area contributed by atoms with Crippen molar-refractivity contribution in [2.24, 2.45) is 4.99 Å². The van der Waals surface area contributed by atoms with Crippen LogP contribution in [0.4, 0.5) is 13.2 Å². The van der Waals surface area contributed by atoms with Gasteiger partial charge in [-0.25, -0.2) is 4.98 Å². The second-order valence-corrected chi connectivity index (χ2v) is 6.17. The number of aromatic nitrogens is 1. The molecule has 0 aliphatic heterocycles. The Morgan fingerprint density at radius 1 is 0.968 bits per heavy atom. The van der Waals surface area contributed by atoms with Gasteiger partial charge in [0.05, 0.1) is 6.61 Å². The van der Waals surface area contributed by atoms with Crippen LogP contribution in [0.1, 0.15) is 11.1 Å². The first-order chi connectivity index (χ1) is 14.4. The van der Waals surface area contributed by atoms with E-state index >= 15 is 0 Å². The zero-order valence-corrected chi connectivity index (χ0v) is 19.6. The van der Waals surface area contributed by atoms with Crippen molar-refractivity contribution in [2.45, 2.75) is 19.3 Å². The molecule has 0 radical (unpaired) electrons. The molecule has 2 N–H and O–H groups in total. The van der Waals surface area contributed by atoms with Gasteiger partial charge < -0.3 is 24.8 Å². The van der Waals surface area contributed by atoms with Crippen molar-refractivity contribution in [1.82, 2.24) is 15.6 Å². The molecule has 1 heterocycles. The Morgan fingerprint density at radius 3 is 2.16 bits per heavy atom. The lowest BCUT2D eigenvalue weighted by Crippen LogP contribution is -2.36. The predicted molar refractivity (Wildman–Crippen MR) is 122 cm³/mol. The van der Waals surface area contributed by atoms with E-state index in [9.17, 15) is 13.2 Å². The molecule has 0 spiro atoms. The van der Waals surface area contributed by atoms with Crippen molar-refractivity contribution in [2.75, 3.05) is 34.0 Å². The number of hydrogen-bond acceptors (Lipinski definition) is 5. The molecule has 0 fully saturated rings. The maximum Gasteiger partial charge on any atom is 0.422 e. The normalized spacial score (nSPS) is 11.5. The summed E-state index contributed by atoms with van der Waals surface area (Å²) < 4.78 is 51.6. The van der Waals surface area contributed by atoms with Crippen LogP contribution in [0, 0.1) is 0 Å². The third-order valence-electron chi connectivity index (χ3n) is 3.80. The fraction of sp³-hybridized carbons (Fsp3) is 0.400. The maximum atomic E-state index is 12.2. The number of halogens is 4. The minimum absolute atomic E-state index is 0. The van der Waals surface area contributed by atoms with Crippen molar-refractivity contribution in [1.29, 1.82) is 0 Å². The van der Waals surface area contributed by atoms with Gasteiger partial charge in [0.25, 0.3) is 0 Å². The summed E-state index contributed by atoms with van der Waals surface area (Å²) in [6.45, 7) is 0.582. The van der Waals surface area contributed by atoms with E-state index in [1.165, 1.54) is 12.1 Å². The summed E-state index contributed by atoms with van der Waals surface area (Å²) in [5.74, 6) is 1.27. The Balaban J connectivity index is 0.00000480. The first-order valence-electron chi connectivity index (χ1n) is 9.19. The summed E-state index contributed by atoms with van der Waals surface area (Å²) in [4.78, 5) is 8.37. The zero-order chi connectivity index (χ0) is 21.8. The average molecular weight is 554 g/mol. The maximum absolute atomic E-state index is 12.2. The van der Waals surface area contributed by atoms with E-state index in [0.717, 1.165) is 11.1 Å². The van der Waals surface area contributed by atoms with Crippen LogP contribution in [0.5, 0.6) is 11.6 Å². The third-order valence-corrected chi connectivity index (χ3v) is 3.80. The van der Waals surface area contributed by atoms with Gasteiger partial charge >= 0.3 is 6.18 Å². The molecule has 0 bridgehead atoms. The summed E-state index contributed by atoms with van der Waals surface area (Å²) in [5, 5.41) is 6.30. The van der Waals surface area contributed by atoms with Gasteiger partial charge in [-0.2, -0.15) is 13.2 Å². The van der Waals surface area contributed by atoms with Crippen LogP contribution in [0.15, 0.2) is 47.6 Å². The molecule has 0 saturated carbocycles. The molecule has 0 amide bonds. The summed E-state index contributed by atoms with van der Waals surface area (Å²) in [6, 6.07) is 10.1. The van der Waals surface area contributed by atoms with Crippen LogP contribution in [0.2, 0.25) is 0 Å². The lowest BCUT2D eigenvalue weighted by Gasteiger charge is -2.13. The van der Waals surface area contributed by atoms with E-state index in [1.807, 2.05) is 6.07 Å². The van der Waals surface area contributed by atoms with E-state index in [2.05, 4.69) is 20.6 Å². The summed E-state index contributed by atoms with van der Waals surface area (Å²) in [6.07, 6.45) is -2.65. The van der Waals surface area contributed by atoms with E-state index in [1.54, 1.807) is 38.6 Å². The van der Waals surface area contributed by atoms with Crippen LogP contribution < -0.4 is 20.1 Å². The molecule has 2 aromatic rings. The highest BCUT2D eigenvalue weighted by atomic mass is 127. The quantitative estimate of drug-likeness (QED) is 0.203. The van der Waals surface area contributed by atoms with Crippen LogP contribution in [0.25, 0.3) is 0 Å². The van der Waals surface area contributed by atoms with E-state index < -0.39 is 12.8 Å². The molecular formula is C20H26F3IN4O3. The highest BCUT2D eigenvalue weighted by Crippen LogP contribution is 2.18. The number of hydrogen-bond donors (Lipinski definition) is 2. The van der Waals surface area contributed by atoms with Gasteiger partial charge in [-0.05, 0) is 23.3 Å². The molecule has 1 aromatic heterocycles. The second kappa shape index (κ2) is 13.9. The zero-order valence-electron chi connectivity index (χ0n) is 17.2.